The van der Waals surface area contributed by atoms with Gasteiger partial charge in [0.05, 0.1) is 38.0 Å². The minimum atomic E-state index is 0.646. The van der Waals surface area contributed by atoms with Crippen LogP contribution in [0.2, 0.25) is 5.02 Å². The fraction of sp³-hybridized carbons (Fsp3) is 0.400. The number of halogens is 1. The van der Waals surface area contributed by atoms with Crippen molar-refractivity contribution in [3.05, 3.63) is 23.2 Å². The zero-order valence-corrected chi connectivity index (χ0v) is 12.8. The van der Waals surface area contributed by atoms with Gasteiger partial charge in [0.15, 0.2) is 11.5 Å². The molecule has 0 atom stereocenters. The van der Waals surface area contributed by atoms with Gasteiger partial charge in [-0.05, 0) is 12.1 Å². The van der Waals surface area contributed by atoms with Gasteiger partial charge in [0.2, 0.25) is 0 Å². The Hall–Kier alpha value is -1.72. The van der Waals surface area contributed by atoms with E-state index in [-0.39, 0.29) is 0 Å². The number of ether oxygens (including phenoxy) is 3. The van der Waals surface area contributed by atoms with Gasteiger partial charge < -0.3 is 19.1 Å². The summed E-state index contributed by atoms with van der Waals surface area (Å²) in [7, 11) is 3.21. The van der Waals surface area contributed by atoms with Crippen LogP contribution in [0.3, 0.4) is 0 Å². The Morgan fingerprint density at radius 2 is 1.76 bits per heavy atom. The first-order chi connectivity index (χ1) is 10.2. The zero-order chi connectivity index (χ0) is 14.8. The zero-order valence-electron chi connectivity index (χ0n) is 12.1. The molecule has 1 fully saturated rings. The van der Waals surface area contributed by atoms with Crippen molar-refractivity contribution in [3.63, 3.8) is 0 Å². The molecule has 5 nitrogen and oxygen atoms in total. The molecule has 112 valence electrons. The molecule has 1 aromatic heterocycles. The van der Waals surface area contributed by atoms with Crippen LogP contribution in [0, 0.1) is 0 Å². The molecule has 0 bridgehead atoms. The van der Waals surface area contributed by atoms with Crippen LogP contribution in [-0.2, 0) is 4.74 Å². The topological polar surface area (TPSA) is 43.8 Å². The number of hydrogen-bond donors (Lipinski definition) is 0. The first-order valence-corrected chi connectivity index (χ1v) is 7.15. The van der Waals surface area contributed by atoms with Crippen molar-refractivity contribution in [2.75, 3.05) is 45.4 Å². The monoisotopic (exact) mass is 308 g/mol. The Labute approximate surface area is 128 Å². The third-order valence-electron chi connectivity index (χ3n) is 3.59. The predicted molar refractivity (Wildman–Crippen MR) is 82.9 cm³/mol. The third kappa shape index (κ3) is 2.71. The molecular formula is C15H17ClN2O3. The summed E-state index contributed by atoms with van der Waals surface area (Å²) >= 11 is 6.41. The fourth-order valence-electron chi connectivity index (χ4n) is 2.45. The molecule has 2 aromatic rings. The SMILES string of the molecule is COc1cc2nc(N3CCOCC3)cc(Cl)c2cc1OC. The van der Waals surface area contributed by atoms with Crippen LogP contribution in [0.15, 0.2) is 18.2 Å². The van der Waals surface area contributed by atoms with E-state index in [2.05, 4.69) is 4.90 Å². The predicted octanol–water partition coefficient (Wildman–Crippen LogP) is 2.74. The summed E-state index contributed by atoms with van der Waals surface area (Å²) in [6.45, 7) is 3.07. The Bertz CT molecular complexity index is 657. The van der Waals surface area contributed by atoms with Crippen LogP contribution in [-0.4, -0.2) is 45.5 Å². The summed E-state index contributed by atoms with van der Waals surface area (Å²) in [5, 5.41) is 1.51. The van der Waals surface area contributed by atoms with Gasteiger partial charge in [0, 0.05) is 24.5 Å². The molecule has 1 aliphatic rings. The first-order valence-electron chi connectivity index (χ1n) is 6.78. The lowest BCUT2D eigenvalue weighted by Gasteiger charge is -2.28. The van der Waals surface area contributed by atoms with Gasteiger partial charge in [-0.3, -0.25) is 0 Å². The molecule has 3 rings (SSSR count). The number of pyridine rings is 1. The third-order valence-corrected chi connectivity index (χ3v) is 3.90. The molecule has 2 heterocycles. The summed E-state index contributed by atoms with van der Waals surface area (Å²) in [5.74, 6) is 2.16. The van der Waals surface area contributed by atoms with Crippen molar-refractivity contribution in [3.8, 4) is 11.5 Å². The maximum Gasteiger partial charge on any atom is 0.162 e. The van der Waals surface area contributed by atoms with Crippen LogP contribution in [0.5, 0.6) is 11.5 Å². The number of rotatable bonds is 3. The van der Waals surface area contributed by atoms with E-state index in [0.29, 0.717) is 29.7 Å². The molecule has 1 aromatic carbocycles. The van der Waals surface area contributed by atoms with Gasteiger partial charge in [0.25, 0.3) is 0 Å². The van der Waals surface area contributed by atoms with Crippen LogP contribution < -0.4 is 14.4 Å². The number of hydrogen-bond acceptors (Lipinski definition) is 5. The molecule has 6 heteroatoms. The van der Waals surface area contributed by atoms with E-state index in [1.165, 1.54) is 0 Å². The number of benzene rings is 1. The average Bonchev–Trinajstić information content (AvgIpc) is 2.54. The lowest BCUT2D eigenvalue weighted by Crippen LogP contribution is -2.36. The maximum atomic E-state index is 6.41. The summed E-state index contributed by atoms with van der Waals surface area (Å²) in [6, 6.07) is 5.59. The second-order valence-corrected chi connectivity index (χ2v) is 5.19. The quantitative estimate of drug-likeness (QED) is 0.872. The molecule has 0 saturated carbocycles. The van der Waals surface area contributed by atoms with E-state index in [0.717, 1.165) is 29.8 Å². The smallest absolute Gasteiger partial charge is 0.162 e. The van der Waals surface area contributed by atoms with E-state index in [9.17, 15) is 0 Å². The van der Waals surface area contributed by atoms with Gasteiger partial charge >= 0.3 is 0 Å². The number of methoxy groups -OCH3 is 2. The van der Waals surface area contributed by atoms with Gasteiger partial charge in [-0.25, -0.2) is 4.98 Å². The Morgan fingerprint density at radius 3 is 2.43 bits per heavy atom. The molecule has 1 saturated heterocycles. The summed E-state index contributed by atoms with van der Waals surface area (Å²) < 4.78 is 16.0. The van der Waals surface area contributed by atoms with E-state index in [1.807, 2.05) is 18.2 Å². The first kappa shape index (κ1) is 14.2. The van der Waals surface area contributed by atoms with Crippen molar-refractivity contribution >= 4 is 28.3 Å². The Morgan fingerprint density at radius 1 is 1.10 bits per heavy atom. The number of nitrogens with zero attached hydrogens (tertiary/aromatic N) is 2. The lowest BCUT2D eigenvalue weighted by atomic mass is 10.2. The standard InChI is InChI=1S/C15H17ClN2O3/c1-19-13-7-10-11(16)8-15(18-3-5-21-6-4-18)17-12(10)9-14(13)20-2/h7-9H,3-6H2,1-2H3. The van der Waals surface area contributed by atoms with Crippen LogP contribution >= 0.6 is 11.6 Å². The minimum Gasteiger partial charge on any atom is -0.493 e. The molecule has 0 radical (unpaired) electrons. The number of morpholine rings is 1. The molecule has 0 amide bonds. The summed E-state index contributed by atoms with van der Waals surface area (Å²) in [6.07, 6.45) is 0. The second kappa shape index (κ2) is 5.95. The minimum absolute atomic E-state index is 0.646. The molecule has 0 aliphatic carbocycles. The molecule has 0 spiro atoms. The molecule has 0 unspecified atom stereocenters. The maximum absolute atomic E-state index is 6.41. The molecule has 1 aliphatic heterocycles. The highest BCUT2D eigenvalue weighted by Crippen LogP contribution is 2.36. The Kier molecular flexibility index (Phi) is 4.03. The lowest BCUT2D eigenvalue weighted by molar-refractivity contribution is 0.122. The number of anilines is 1. The van der Waals surface area contributed by atoms with Crippen molar-refractivity contribution in [2.24, 2.45) is 0 Å². The molecular weight excluding hydrogens is 292 g/mol. The Balaban J connectivity index is 2.09. The highest BCUT2D eigenvalue weighted by Gasteiger charge is 2.16. The number of aromatic nitrogens is 1. The van der Waals surface area contributed by atoms with Gasteiger partial charge in [-0.1, -0.05) is 11.6 Å². The summed E-state index contributed by atoms with van der Waals surface area (Å²) in [4.78, 5) is 6.87. The molecule has 0 N–H and O–H groups in total. The van der Waals surface area contributed by atoms with Crippen LogP contribution in [0.4, 0.5) is 5.82 Å². The van der Waals surface area contributed by atoms with Crippen molar-refractivity contribution in [2.45, 2.75) is 0 Å². The van der Waals surface area contributed by atoms with Crippen molar-refractivity contribution in [1.29, 1.82) is 0 Å². The summed E-state index contributed by atoms with van der Waals surface area (Å²) in [5.41, 5.74) is 0.793. The highest BCUT2D eigenvalue weighted by atomic mass is 35.5. The average molecular weight is 309 g/mol. The van der Waals surface area contributed by atoms with E-state index in [1.54, 1.807) is 14.2 Å². The van der Waals surface area contributed by atoms with Gasteiger partial charge in [-0.15, -0.1) is 0 Å². The van der Waals surface area contributed by atoms with E-state index < -0.39 is 0 Å². The van der Waals surface area contributed by atoms with Gasteiger partial charge in [0.1, 0.15) is 5.82 Å². The van der Waals surface area contributed by atoms with Crippen LogP contribution in [0.1, 0.15) is 0 Å². The second-order valence-electron chi connectivity index (χ2n) is 4.79. The van der Waals surface area contributed by atoms with Crippen LogP contribution in [0.25, 0.3) is 10.9 Å². The van der Waals surface area contributed by atoms with E-state index >= 15 is 0 Å². The largest absolute Gasteiger partial charge is 0.493 e. The highest BCUT2D eigenvalue weighted by molar-refractivity contribution is 6.35. The molecule has 21 heavy (non-hydrogen) atoms. The number of fused-ring (bicyclic) bond motifs is 1. The fourth-order valence-corrected chi connectivity index (χ4v) is 2.70. The van der Waals surface area contributed by atoms with E-state index in [4.69, 9.17) is 30.8 Å². The van der Waals surface area contributed by atoms with Gasteiger partial charge in [-0.2, -0.15) is 0 Å². The normalized spacial score (nSPS) is 15.3. The van der Waals surface area contributed by atoms with Crippen molar-refractivity contribution < 1.29 is 14.2 Å². The van der Waals surface area contributed by atoms with Crippen molar-refractivity contribution in [1.82, 2.24) is 4.98 Å².